The second-order valence-electron chi connectivity index (χ2n) is 12.2. The molecule has 12 nitrogen and oxygen atoms in total. The van der Waals surface area contributed by atoms with Crippen molar-refractivity contribution in [2.45, 2.75) is 17.9 Å². The first-order valence-corrected chi connectivity index (χ1v) is 16.6. The number of esters is 5. The Hall–Kier alpha value is -5.17. The molecule has 5 rings (SSSR count). The number of carbonyl (C=O) groups excluding carboxylic acids is 5. The van der Waals surface area contributed by atoms with Gasteiger partial charge >= 0.3 is 29.8 Å². The van der Waals surface area contributed by atoms with Gasteiger partial charge in [-0.3, -0.25) is 14.4 Å². The van der Waals surface area contributed by atoms with Crippen LogP contribution in [0, 0.1) is 23.7 Å². The Morgan fingerprint density at radius 2 is 1.23 bits per heavy atom. The number of methoxy groups -OCH3 is 4. The average Bonchev–Trinajstić information content (AvgIpc) is 3.14. The molecule has 6 atom stereocenters. The second kappa shape index (κ2) is 15.6. The molecule has 0 amide bonds. The minimum Gasteiger partial charge on any atom is -0.511 e. The zero-order chi connectivity index (χ0) is 37.9. The van der Waals surface area contributed by atoms with Crippen LogP contribution in [0.1, 0.15) is 29.0 Å². The largest absolute Gasteiger partial charge is 0.511 e. The van der Waals surface area contributed by atoms with E-state index in [1.54, 1.807) is 54.6 Å². The number of halogens is 2. The van der Waals surface area contributed by atoms with E-state index in [1.165, 1.54) is 24.3 Å². The molecule has 272 valence electrons. The van der Waals surface area contributed by atoms with Crippen LogP contribution in [0.4, 0.5) is 0 Å². The van der Waals surface area contributed by atoms with Crippen LogP contribution in [-0.4, -0.2) is 74.1 Å². The van der Waals surface area contributed by atoms with E-state index in [0.717, 1.165) is 28.4 Å². The number of fused-ring (bicyclic) bond motifs is 2. The van der Waals surface area contributed by atoms with Crippen LogP contribution >= 0.6 is 23.2 Å². The maximum Gasteiger partial charge on any atom is 0.344 e. The lowest BCUT2D eigenvalue weighted by Gasteiger charge is -2.55. The molecule has 0 aliphatic heterocycles. The SMILES string of the molecule is COC(=O)C1=C(O)C(C(=O)OC)[C@@]2(O)[C@H](C(=O)OC)C(c3ccc(OC(=O)C(=Cc4ccc(Cl)cc4)c4ccc(Cl)cc4)cc3)C[C@H]1[C@H]2C(=O)OC. The minimum atomic E-state index is -2.70. The summed E-state index contributed by atoms with van der Waals surface area (Å²) in [5, 5.41) is 24.8. The van der Waals surface area contributed by atoms with E-state index in [0.29, 0.717) is 26.7 Å². The average molecular weight is 754 g/mol. The summed E-state index contributed by atoms with van der Waals surface area (Å²) in [5.74, 6) is -13.6. The Balaban J connectivity index is 1.56. The summed E-state index contributed by atoms with van der Waals surface area (Å²) in [4.78, 5) is 66.9. The highest BCUT2D eigenvalue weighted by Crippen LogP contribution is 2.60. The predicted octanol–water partition coefficient (Wildman–Crippen LogP) is 5.34. The molecular formula is C38H34Cl2O12. The number of ether oxygens (including phenoxy) is 5. The molecule has 1 saturated carbocycles. The Morgan fingerprint density at radius 1 is 0.712 bits per heavy atom. The Labute approximate surface area is 308 Å². The van der Waals surface area contributed by atoms with Crippen molar-refractivity contribution in [3.05, 3.63) is 111 Å². The van der Waals surface area contributed by atoms with Crippen molar-refractivity contribution in [2.75, 3.05) is 28.4 Å². The van der Waals surface area contributed by atoms with E-state index in [-0.39, 0.29) is 17.7 Å². The fraction of sp³-hybridized carbons (Fsp3) is 0.289. The maximum atomic E-state index is 13.6. The first-order valence-electron chi connectivity index (χ1n) is 15.8. The molecule has 0 aromatic heterocycles. The van der Waals surface area contributed by atoms with Gasteiger partial charge in [-0.15, -0.1) is 0 Å². The van der Waals surface area contributed by atoms with Gasteiger partial charge in [0.2, 0.25) is 0 Å². The van der Waals surface area contributed by atoms with Crippen molar-refractivity contribution >= 4 is 64.7 Å². The van der Waals surface area contributed by atoms with Gasteiger partial charge in [0, 0.05) is 21.9 Å². The van der Waals surface area contributed by atoms with Crippen LogP contribution in [0.25, 0.3) is 11.6 Å². The smallest absolute Gasteiger partial charge is 0.344 e. The molecule has 14 heteroatoms. The predicted molar refractivity (Wildman–Crippen MR) is 187 cm³/mol. The van der Waals surface area contributed by atoms with Gasteiger partial charge in [0.1, 0.15) is 23.0 Å². The third-order valence-corrected chi connectivity index (χ3v) is 10.0. The van der Waals surface area contributed by atoms with E-state index in [9.17, 15) is 34.2 Å². The summed E-state index contributed by atoms with van der Waals surface area (Å²) < 4.78 is 25.6. The van der Waals surface area contributed by atoms with Gasteiger partial charge in [-0.2, -0.15) is 0 Å². The van der Waals surface area contributed by atoms with Gasteiger partial charge < -0.3 is 33.9 Å². The molecule has 3 aromatic rings. The second-order valence-corrected chi connectivity index (χ2v) is 13.0. The van der Waals surface area contributed by atoms with Crippen LogP contribution in [0.2, 0.25) is 10.0 Å². The summed E-state index contributed by atoms with van der Waals surface area (Å²) in [6.45, 7) is 0. The van der Waals surface area contributed by atoms with E-state index in [1.807, 2.05) is 0 Å². The van der Waals surface area contributed by atoms with Crippen molar-refractivity contribution < 1.29 is 57.9 Å². The van der Waals surface area contributed by atoms with Crippen LogP contribution in [0.3, 0.4) is 0 Å². The third-order valence-electron chi connectivity index (χ3n) is 9.52. The number of rotatable bonds is 9. The summed E-state index contributed by atoms with van der Waals surface area (Å²) >= 11 is 12.1. The van der Waals surface area contributed by atoms with Crippen molar-refractivity contribution in [3.8, 4) is 5.75 Å². The summed E-state index contributed by atoms with van der Waals surface area (Å²) in [5.41, 5.74) is -1.35. The van der Waals surface area contributed by atoms with Gasteiger partial charge in [0.05, 0.1) is 51.4 Å². The van der Waals surface area contributed by atoms with Gasteiger partial charge in [-0.1, -0.05) is 59.6 Å². The fourth-order valence-corrected chi connectivity index (χ4v) is 7.48. The number of carbonyl (C=O) groups is 5. The normalized spacial score (nSPS) is 24.0. The first kappa shape index (κ1) is 38.1. The highest BCUT2D eigenvalue weighted by atomic mass is 35.5. The number of benzene rings is 3. The number of aliphatic hydroxyl groups is 2. The van der Waals surface area contributed by atoms with Crippen molar-refractivity contribution in [1.29, 1.82) is 0 Å². The lowest BCUT2D eigenvalue weighted by Crippen LogP contribution is -2.68. The highest BCUT2D eigenvalue weighted by Gasteiger charge is 2.71. The molecule has 0 radical (unpaired) electrons. The van der Waals surface area contributed by atoms with Gasteiger partial charge in [-0.05, 0) is 65.6 Å². The van der Waals surface area contributed by atoms with Crippen LogP contribution < -0.4 is 4.74 Å². The zero-order valence-corrected chi connectivity index (χ0v) is 29.8. The molecule has 2 aliphatic rings. The summed E-state index contributed by atoms with van der Waals surface area (Å²) in [7, 11) is 4.13. The molecule has 0 spiro atoms. The Morgan fingerprint density at radius 3 is 1.75 bits per heavy atom. The quantitative estimate of drug-likeness (QED) is 0.0947. The van der Waals surface area contributed by atoms with E-state index < -0.39 is 76.4 Å². The lowest BCUT2D eigenvalue weighted by atomic mass is 9.49. The topological polar surface area (TPSA) is 172 Å². The fourth-order valence-electron chi connectivity index (χ4n) is 7.22. The monoisotopic (exact) mass is 752 g/mol. The van der Waals surface area contributed by atoms with E-state index >= 15 is 0 Å². The van der Waals surface area contributed by atoms with Gasteiger partial charge in [-0.25, -0.2) is 9.59 Å². The highest BCUT2D eigenvalue weighted by molar-refractivity contribution is 6.31. The van der Waals surface area contributed by atoms with Crippen molar-refractivity contribution in [1.82, 2.24) is 0 Å². The molecule has 3 aromatic carbocycles. The van der Waals surface area contributed by atoms with Gasteiger partial charge in [0.25, 0.3) is 0 Å². The lowest BCUT2D eigenvalue weighted by molar-refractivity contribution is -0.208. The molecule has 0 heterocycles. The molecule has 52 heavy (non-hydrogen) atoms. The van der Waals surface area contributed by atoms with Crippen molar-refractivity contribution in [2.24, 2.45) is 23.7 Å². The Kier molecular flexibility index (Phi) is 11.4. The summed E-state index contributed by atoms with van der Waals surface area (Å²) in [6.07, 6.45) is 1.45. The van der Waals surface area contributed by atoms with Crippen LogP contribution in [0.15, 0.2) is 84.1 Å². The zero-order valence-electron chi connectivity index (χ0n) is 28.3. The summed E-state index contributed by atoms with van der Waals surface area (Å²) in [6, 6.07) is 19.4. The molecule has 2 aliphatic carbocycles. The van der Waals surface area contributed by atoms with Crippen LogP contribution in [-0.2, 0) is 42.9 Å². The van der Waals surface area contributed by atoms with Crippen molar-refractivity contribution in [3.63, 3.8) is 0 Å². The maximum absolute atomic E-state index is 13.6. The molecule has 2 unspecified atom stereocenters. The van der Waals surface area contributed by atoms with E-state index in [4.69, 9.17) is 46.9 Å². The molecule has 0 saturated heterocycles. The third kappa shape index (κ3) is 7.01. The van der Waals surface area contributed by atoms with E-state index in [2.05, 4.69) is 0 Å². The van der Waals surface area contributed by atoms with Crippen LogP contribution in [0.5, 0.6) is 5.75 Å². The number of hydrogen-bond acceptors (Lipinski definition) is 12. The number of aliphatic hydroxyl groups excluding tert-OH is 1. The Bertz CT molecular complexity index is 1940. The molecule has 2 bridgehead atoms. The molecule has 1 fully saturated rings. The molecule has 2 N–H and O–H groups in total. The number of hydrogen-bond donors (Lipinski definition) is 2. The minimum absolute atomic E-state index is 0.113. The van der Waals surface area contributed by atoms with Gasteiger partial charge in [0.15, 0.2) is 0 Å². The first-order chi connectivity index (χ1) is 24.8. The standard InChI is InChI=1S/C38H34Cl2O12/c1-48-34(43)28-27-18-25(29(35(44)49-2)38(47,30(27)36(45)50-3)31(32(28)41)37(46)51-4)20-9-15-24(16-10-20)52-33(42)26(21-7-13-23(40)14-8-21)17-19-5-11-22(39)12-6-19/h5-17,25,27,29-31,41,47H,18H2,1-4H3/t25?,27-,29+,30+,31?,38-/m1/s1. The molecular weight excluding hydrogens is 719 g/mol.